The van der Waals surface area contributed by atoms with Gasteiger partial charge in [0.2, 0.25) is 0 Å². The van der Waals surface area contributed by atoms with E-state index in [9.17, 15) is 4.79 Å². The van der Waals surface area contributed by atoms with Crippen LogP contribution in [0, 0.1) is 0 Å². The van der Waals surface area contributed by atoms with E-state index in [1.807, 2.05) is 0 Å². The number of aldehydes is 1. The Labute approximate surface area is 107 Å². The van der Waals surface area contributed by atoms with Crippen molar-refractivity contribution < 1.29 is 9.53 Å². The van der Waals surface area contributed by atoms with E-state index in [-0.39, 0.29) is 11.0 Å². The minimum atomic E-state index is -0.191. The number of hydrogen-bond acceptors (Lipinski definition) is 4. The van der Waals surface area contributed by atoms with E-state index < -0.39 is 0 Å². The quantitative estimate of drug-likeness (QED) is 0.763. The van der Waals surface area contributed by atoms with Crippen LogP contribution >= 0.6 is 0 Å². The fraction of sp³-hybridized carbons (Fsp3) is 0.571. The Morgan fingerprint density at radius 1 is 1.44 bits per heavy atom. The van der Waals surface area contributed by atoms with E-state index in [1.54, 1.807) is 0 Å². The fourth-order valence-corrected chi connectivity index (χ4v) is 2.69. The van der Waals surface area contributed by atoms with Gasteiger partial charge in [-0.25, -0.2) is 4.98 Å². The molecule has 1 fully saturated rings. The topological polar surface area (TPSA) is 51.2 Å². The second kappa shape index (κ2) is 3.62. The summed E-state index contributed by atoms with van der Waals surface area (Å²) in [5.41, 5.74) is 3.37. The van der Waals surface area contributed by atoms with Gasteiger partial charge in [0.25, 0.3) is 0 Å². The molecule has 0 amide bonds. The first kappa shape index (κ1) is 11.8. The summed E-state index contributed by atoms with van der Waals surface area (Å²) in [5, 5.41) is 3.25. The molecule has 1 N–H and O–H groups in total. The normalized spacial score (nSPS) is 20.6. The Balaban J connectivity index is 2.17. The molecule has 0 saturated carbocycles. The molecule has 0 bridgehead atoms. The van der Waals surface area contributed by atoms with E-state index in [2.05, 4.69) is 37.1 Å². The van der Waals surface area contributed by atoms with Crippen molar-refractivity contribution in [1.29, 1.82) is 0 Å². The summed E-state index contributed by atoms with van der Waals surface area (Å²) in [4.78, 5) is 15.7. The van der Waals surface area contributed by atoms with Crippen LogP contribution < -0.4 is 5.32 Å². The van der Waals surface area contributed by atoms with Gasteiger partial charge in [-0.2, -0.15) is 0 Å². The monoisotopic (exact) mass is 246 g/mol. The standard InChI is InChI=1S/C14H18N2O2/c1-13(2,3)9-4-10-12(16-11(9)5-17)6-18-14(10)7-15-8-14/h4-5,15H,6-8H2,1-3H3. The van der Waals surface area contributed by atoms with Gasteiger partial charge in [-0.05, 0) is 17.0 Å². The third-order valence-electron chi connectivity index (χ3n) is 3.85. The lowest BCUT2D eigenvalue weighted by Gasteiger charge is -2.39. The van der Waals surface area contributed by atoms with Crippen LogP contribution in [0.5, 0.6) is 0 Å². The first-order chi connectivity index (χ1) is 8.46. The zero-order chi connectivity index (χ0) is 13.0. The second-order valence-corrected chi connectivity index (χ2v) is 6.17. The molecule has 0 aromatic carbocycles. The number of rotatable bonds is 1. The molecule has 2 aliphatic heterocycles. The molecule has 0 atom stereocenters. The first-order valence-electron chi connectivity index (χ1n) is 6.31. The van der Waals surface area contributed by atoms with Gasteiger partial charge >= 0.3 is 0 Å². The van der Waals surface area contributed by atoms with Crippen LogP contribution in [-0.4, -0.2) is 24.4 Å². The molecule has 3 rings (SSSR count). The lowest BCUT2D eigenvalue weighted by atomic mass is 9.81. The molecule has 18 heavy (non-hydrogen) atoms. The summed E-state index contributed by atoms with van der Waals surface area (Å²) < 4.78 is 5.87. The number of nitrogens with zero attached hydrogens (tertiary/aromatic N) is 1. The SMILES string of the molecule is CC(C)(C)c1cc2c(nc1C=O)COC21CNC1. The van der Waals surface area contributed by atoms with E-state index in [4.69, 9.17) is 4.74 Å². The second-order valence-electron chi connectivity index (χ2n) is 6.17. The number of pyridine rings is 1. The Morgan fingerprint density at radius 2 is 2.17 bits per heavy atom. The molecule has 0 unspecified atom stereocenters. The average Bonchev–Trinajstić information content (AvgIpc) is 2.64. The summed E-state index contributed by atoms with van der Waals surface area (Å²) in [5.74, 6) is 0. The molecule has 4 nitrogen and oxygen atoms in total. The molecular formula is C14H18N2O2. The third-order valence-corrected chi connectivity index (χ3v) is 3.85. The zero-order valence-corrected chi connectivity index (χ0v) is 11.0. The Bertz CT molecular complexity index is 513. The van der Waals surface area contributed by atoms with Crippen molar-refractivity contribution in [2.75, 3.05) is 13.1 Å². The van der Waals surface area contributed by atoms with Crippen molar-refractivity contribution in [2.24, 2.45) is 0 Å². The maximum absolute atomic E-state index is 11.2. The first-order valence-corrected chi connectivity index (χ1v) is 6.31. The molecule has 1 aromatic heterocycles. The molecule has 4 heteroatoms. The summed E-state index contributed by atoms with van der Waals surface area (Å²) in [6.07, 6.45) is 0.852. The van der Waals surface area contributed by atoms with Crippen LogP contribution in [0.2, 0.25) is 0 Å². The molecule has 96 valence electrons. The summed E-state index contributed by atoms with van der Waals surface area (Å²) in [6, 6.07) is 2.12. The molecule has 1 saturated heterocycles. The van der Waals surface area contributed by atoms with E-state index in [0.29, 0.717) is 12.3 Å². The Morgan fingerprint density at radius 3 is 2.67 bits per heavy atom. The molecule has 2 aliphatic rings. The number of ether oxygens (including phenoxy) is 1. The van der Waals surface area contributed by atoms with Crippen LogP contribution in [0.15, 0.2) is 6.07 Å². The molecular weight excluding hydrogens is 228 g/mol. The summed E-state index contributed by atoms with van der Waals surface area (Å²) in [6.45, 7) is 8.50. The maximum Gasteiger partial charge on any atom is 0.168 e. The van der Waals surface area contributed by atoms with Gasteiger partial charge in [-0.15, -0.1) is 0 Å². The van der Waals surface area contributed by atoms with Gasteiger partial charge in [-0.3, -0.25) is 4.79 Å². The van der Waals surface area contributed by atoms with Crippen molar-refractivity contribution >= 4 is 6.29 Å². The molecule has 0 aliphatic carbocycles. The van der Waals surface area contributed by atoms with Gasteiger partial charge in [0.1, 0.15) is 11.3 Å². The Hall–Kier alpha value is -1.26. The average molecular weight is 246 g/mol. The third kappa shape index (κ3) is 1.52. The van der Waals surface area contributed by atoms with Gasteiger partial charge in [0.05, 0.1) is 12.3 Å². The van der Waals surface area contributed by atoms with Gasteiger partial charge in [-0.1, -0.05) is 20.8 Å². The van der Waals surface area contributed by atoms with Crippen molar-refractivity contribution in [3.8, 4) is 0 Å². The van der Waals surface area contributed by atoms with Gasteiger partial charge in [0.15, 0.2) is 6.29 Å². The van der Waals surface area contributed by atoms with Crippen LogP contribution in [0.3, 0.4) is 0 Å². The highest BCUT2D eigenvalue weighted by atomic mass is 16.5. The number of hydrogen-bond donors (Lipinski definition) is 1. The summed E-state index contributed by atoms with van der Waals surface area (Å²) in [7, 11) is 0. The van der Waals surface area contributed by atoms with Crippen molar-refractivity contribution in [1.82, 2.24) is 10.3 Å². The van der Waals surface area contributed by atoms with E-state index >= 15 is 0 Å². The number of aromatic nitrogens is 1. The van der Waals surface area contributed by atoms with Crippen LogP contribution in [-0.2, 0) is 22.4 Å². The largest absolute Gasteiger partial charge is 0.361 e. The maximum atomic E-state index is 11.2. The van der Waals surface area contributed by atoms with E-state index in [1.165, 1.54) is 0 Å². The number of carbonyl (C=O) groups is 1. The predicted molar refractivity (Wildman–Crippen MR) is 67.7 cm³/mol. The minimum absolute atomic E-state index is 0.0841. The fourth-order valence-electron chi connectivity index (χ4n) is 2.69. The van der Waals surface area contributed by atoms with Crippen molar-refractivity contribution in [3.63, 3.8) is 0 Å². The van der Waals surface area contributed by atoms with Crippen LogP contribution in [0.1, 0.15) is 48.1 Å². The molecule has 3 heterocycles. The highest BCUT2D eigenvalue weighted by molar-refractivity contribution is 5.75. The highest BCUT2D eigenvalue weighted by Crippen LogP contribution is 2.40. The smallest absolute Gasteiger partial charge is 0.168 e. The van der Waals surface area contributed by atoms with Gasteiger partial charge in [0, 0.05) is 18.7 Å². The number of fused-ring (bicyclic) bond motifs is 2. The Kier molecular flexibility index (Phi) is 2.37. The number of nitrogens with one attached hydrogen (secondary N) is 1. The minimum Gasteiger partial charge on any atom is -0.361 e. The highest BCUT2D eigenvalue weighted by Gasteiger charge is 2.46. The number of carbonyl (C=O) groups excluding carboxylic acids is 1. The lowest BCUT2D eigenvalue weighted by Crippen LogP contribution is -2.56. The molecule has 0 radical (unpaired) electrons. The lowest BCUT2D eigenvalue weighted by molar-refractivity contribution is -0.0750. The van der Waals surface area contributed by atoms with Crippen molar-refractivity contribution in [2.45, 2.75) is 38.4 Å². The van der Waals surface area contributed by atoms with Crippen LogP contribution in [0.25, 0.3) is 0 Å². The molecule has 1 aromatic rings. The van der Waals surface area contributed by atoms with Crippen LogP contribution in [0.4, 0.5) is 0 Å². The van der Waals surface area contributed by atoms with E-state index in [0.717, 1.165) is 36.2 Å². The zero-order valence-electron chi connectivity index (χ0n) is 11.0. The van der Waals surface area contributed by atoms with Crippen molar-refractivity contribution in [3.05, 3.63) is 28.6 Å². The van der Waals surface area contributed by atoms with Gasteiger partial charge < -0.3 is 10.1 Å². The molecule has 1 spiro atoms. The predicted octanol–water partition coefficient (Wildman–Crippen LogP) is 1.52. The summed E-state index contributed by atoms with van der Waals surface area (Å²) >= 11 is 0.